The monoisotopic (exact) mass is 486 g/mol. The molecule has 0 bridgehead atoms. The molecule has 1 amide bonds. The number of hydrogen-bond acceptors (Lipinski definition) is 6. The Morgan fingerprint density at radius 3 is 2.71 bits per heavy atom. The molecule has 164 valence electrons. The predicted octanol–water partition coefficient (Wildman–Crippen LogP) is 2.65. The maximum atomic E-state index is 12.8. The SMILES string of the molecule is NC1(CC(=O)N[C@@H](CCO)c2ccc(Br)cc2)CCN(c2ncnc3[nH]ccc23)CC1. The fourth-order valence-electron chi connectivity index (χ4n) is 4.16. The van der Waals surface area contributed by atoms with Crippen molar-refractivity contribution in [3.63, 3.8) is 0 Å². The number of aromatic amines is 1. The van der Waals surface area contributed by atoms with Gasteiger partial charge in [0.05, 0.1) is 11.4 Å². The summed E-state index contributed by atoms with van der Waals surface area (Å²) in [5, 5.41) is 13.5. The molecule has 1 saturated heterocycles. The van der Waals surface area contributed by atoms with E-state index < -0.39 is 5.54 Å². The van der Waals surface area contributed by atoms with Crippen molar-refractivity contribution in [3.8, 4) is 0 Å². The van der Waals surface area contributed by atoms with E-state index in [1.54, 1.807) is 6.33 Å². The third kappa shape index (κ3) is 5.06. The van der Waals surface area contributed by atoms with Gasteiger partial charge in [-0.2, -0.15) is 0 Å². The molecule has 9 heteroatoms. The molecule has 0 saturated carbocycles. The van der Waals surface area contributed by atoms with Crippen LogP contribution in [0.25, 0.3) is 11.0 Å². The van der Waals surface area contributed by atoms with Crippen LogP contribution in [-0.4, -0.2) is 51.2 Å². The van der Waals surface area contributed by atoms with Crippen LogP contribution >= 0.6 is 15.9 Å². The number of benzene rings is 1. The van der Waals surface area contributed by atoms with Gasteiger partial charge in [0, 0.05) is 42.3 Å². The predicted molar refractivity (Wildman–Crippen MR) is 124 cm³/mol. The number of hydrogen-bond donors (Lipinski definition) is 4. The Morgan fingerprint density at radius 2 is 2.00 bits per heavy atom. The third-order valence-corrected chi connectivity index (χ3v) is 6.46. The fourth-order valence-corrected chi connectivity index (χ4v) is 4.43. The standard InChI is InChI=1S/C22H27BrN6O2/c23-16-3-1-15(2-4-16)18(6-12-30)28-19(31)13-22(24)7-10-29(11-8-22)21-17-5-9-25-20(17)26-14-27-21/h1-5,9,14,18,30H,6-8,10-13,24H2,(H,28,31)(H,25,26,27)/t18-/m0/s1. The number of amides is 1. The number of halogens is 1. The molecule has 0 spiro atoms. The Balaban J connectivity index is 1.37. The first-order chi connectivity index (χ1) is 15.0. The Kier molecular flexibility index (Phi) is 6.54. The Morgan fingerprint density at radius 1 is 1.26 bits per heavy atom. The van der Waals surface area contributed by atoms with Crippen molar-refractivity contribution in [1.82, 2.24) is 20.3 Å². The fraction of sp³-hybridized carbons (Fsp3) is 0.409. The Labute approximate surface area is 189 Å². The zero-order valence-electron chi connectivity index (χ0n) is 17.2. The van der Waals surface area contributed by atoms with Gasteiger partial charge in [-0.3, -0.25) is 4.79 Å². The van der Waals surface area contributed by atoms with Crippen LogP contribution < -0.4 is 16.0 Å². The van der Waals surface area contributed by atoms with E-state index in [1.165, 1.54) is 0 Å². The first kappa shape index (κ1) is 21.7. The molecule has 1 fully saturated rings. The van der Waals surface area contributed by atoms with Crippen molar-refractivity contribution in [3.05, 3.63) is 52.9 Å². The number of aromatic nitrogens is 3. The second-order valence-electron chi connectivity index (χ2n) is 8.15. The van der Waals surface area contributed by atoms with E-state index in [9.17, 15) is 9.90 Å². The molecule has 0 radical (unpaired) electrons. The summed E-state index contributed by atoms with van der Waals surface area (Å²) in [6.07, 6.45) is 5.52. The lowest BCUT2D eigenvalue weighted by atomic mass is 9.85. The molecule has 3 aromatic rings. The number of carbonyl (C=O) groups is 1. The first-order valence-electron chi connectivity index (χ1n) is 10.4. The quantitative estimate of drug-likeness (QED) is 0.407. The number of anilines is 1. The second kappa shape index (κ2) is 9.33. The van der Waals surface area contributed by atoms with Crippen LogP contribution in [0.15, 0.2) is 47.3 Å². The summed E-state index contributed by atoms with van der Waals surface area (Å²) in [6.45, 7) is 1.46. The van der Waals surface area contributed by atoms with Gasteiger partial charge < -0.3 is 26.0 Å². The van der Waals surface area contributed by atoms with Crippen molar-refractivity contribution < 1.29 is 9.90 Å². The lowest BCUT2D eigenvalue weighted by Gasteiger charge is -2.39. The molecular weight excluding hydrogens is 460 g/mol. The molecule has 8 nitrogen and oxygen atoms in total. The van der Waals surface area contributed by atoms with Crippen molar-refractivity contribution in [2.45, 2.75) is 37.3 Å². The van der Waals surface area contributed by atoms with Gasteiger partial charge in [-0.15, -0.1) is 0 Å². The Bertz CT molecular complexity index is 1030. The molecule has 0 unspecified atom stereocenters. The molecule has 1 aliphatic rings. The van der Waals surface area contributed by atoms with Crippen molar-refractivity contribution >= 4 is 38.7 Å². The van der Waals surface area contributed by atoms with E-state index >= 15 is 0 Å². The highest BCUT2D eigenvalue weighted by atomic mass is 79.9. The van der Waals surface area contributed by atoms with Gasteiger partial charge in [-0.05, 0) is 43.0 Å². The number of piperidine rings is 1. The summed E-state index contributed by atoms with van der Waals surface area (Å²) in [5.41, 5.74) is 7.84. The van der Waals surface area contributed by atoms with Crippen LogP contribution in [0.4, 0.5) is 5.82 Å². The number of aliphatic hydroxyl groups is 1. The van der Waals surface area contributed by atoms with Crippen LogP contribution in [0.2, 0.25) is 0 Å². The van der Waals surface area contributed by atoms with Gasteiger partial charge in [-0.25, -0.2) is 9.97 Å². The molecular formula is C22H27BrN6O2. The normalized spacial score (nSPS) is 16.9. The highest BCUT2D eigenvalue weighted by Crippen LogP contribution is 2.30. The smallest absolute Gasteiger partial charge is 0.222 e. The average Bonchev–Trinajstić information content (AvgIpc) is 3.23. The molecule has 4 rings (SSSR count). The van der Waals surface area contributed by atoms with E-state index in [-0.39, 0.29) is 25.0 Å². The number of H-pyrrole nitrogens is 1. The molecule has 1 aromatic carbocycles. The maximum Gasteiger partial charge on any atom is 0.222 e. The summed E-state index contributed by atoms with van der Waals surface area (Å²) in [7, 11) is 0. The second-order valence-corrected chi connectivity index (χ2v) is 9.06. The average molecular weight is 487 g/mol. The molecule has 2 aromatic heterocycles. The lowest BCUT2D eigenvalue weighted by molar-refractivity contribution is -0.123. The first-order valence-corrected chi connectivity index (χ1v) is 11.2. The van der Waals surface area contributed by atoms with E-state index in [2.05, 4.69) is 41.1 Å². The maximum absolute atomic E-state index is 12.8. The van der Waals surface area contributed by atoms with Crippen molar-refractivity contribution in [2.75, 3.05) is 24.6 Å². The summed E-state index contributed by atoms with van der Waals surface area (Å²) >= 11 is 3.42. The Hall–Kier alpha value is -2.49. The number of fused-ring (bicyclic) bond motifs is 1. The van der Waals surface area contributed by atoms with Gasteiger partial charge in [0.1, 0.15) is 17.8 Å². The number of nitrogens with zero attached hydrogens (tertiary/aromatic N) is 3. The number of nitrogens with two attached hydrogens (primary N) is 1. The summed E-state index contributed by atoms with van der Waals surface area (Å²) in [6, 6.07) is 9.50. The lowest BCUT2D eigenvalue weighted by Crippen LogP contribution is -2.53. The zero-order chi connectivity index (χ0) is 21.8. The molecule has 1 atom stereocenters. The van der Waals surface area contributed by atoms with Crippen molar-refractivity contribution in [2.24, 2.45) is 5.73 Å². The number of aliphatic hydroxyl groups excluding tert-OH is 1. The molecule has 1 aliphatic heterocycles. The minimum Gasteiger partial charge on any atom is -0.396 e. The van der Waals surface area contributed by atoms with Crippen LogP contribution in [-0.2, 0) is 4.79 Å². The number of carbonyl (C=O) groups excluding carboxylic acids is 1. The topological polar surface area (TPSA) is 120 Å². The highest BCUT2D eigenvalue weighted by molar-refractivity contribution is 9.10. The molecule has 31 heavy (non-hydrogen) atoms. The summed E-state index contributed by atoms with van der Waals surface area (Å²) < 4.78 is 0.971. The largest absolute Gasteiger partial charge is 0.396 e. The molecule has 5 N–H and O–H groups in total. The third-order valence-electron chi connectivity index (χ3n) is 5.93. The van der Waals surface area contributed by atoms with Crippen LogP contribution in [0.5, 0.6) is 0 Å². The van der Waals surface area contributed by atoms with Gasteiger partial charge >= 0.3 is 0 Å². The summed E-state index contributed by atoms with van der Waals surface area (Å²) in [4.78, 5) is 26.8. The minimum absolute atomic E-state index is 0.00367. The van der Waals surface area contributed by atoms with Crippen LogP contribution in [0.3, 0.4) is 0 Å². The minimum atomic E-state index is -0.561. The molecule has 0 aliphatic carbocycles. The van der Waals surface area contributed by atoms with Gasteiger partial charge in [-0.1, -0.05) is 28.1 Å². The highest BCUT2D eigenvalue weighted by Gasteiger charge is 2.34. The number of nitrogens with one attached hydrogen (secondary N) is 2. The van der Waals surface area contributed by atoms with Crippen molar-refractivity contribution in [1.29, 1.82) is 0 Å². The van der Waals surface area contributed by atoms with E-state index in [0.29, 0.717) is 19.3 Å². The van der Waals surface area contributed by atoms with E-state index in [0.717, 1.165) is 40.0 Å². The number of rotatable bonds is 7. The van der Waals surface area contributed by atoms with E-state index in [4.69, 9.17) is 5.73 Å². The van der Waals surface area contributed by atoms with Gasteiger partial charge in [0.25, 0.3) is 0 Å². The van der Waals surface area contributed by atoms with Gasteiger partial charge in [0.2, 0.25) is 5.91 Å². The van der Waals surface area contributed by atoms with Crippen LogP contribution in [0, 0.1) is 0 Å². The summed E-state index contributed by atoms with van der Waals surface area (Å²) in [5.74, 6) is 0.809. The molecule has 3 heterocycles. The van der Waals surface area contributed by atoms with E-state index in [1.807, 2.05) is 36.5 Å². The van der Waals surface area contributed by atoms with Crippen LogP contribution in [0.1, 0.15) is 37.3 Å². The zero-order valence-corrected chi connectivity index (χ0v) is 18.8. The van der Waals surface area contributed by atoms with Gasteiger partial charge in [0.15, 0.2) is 0 Å².